The third kappa shape index (κ3) is 2.91. The second-order valence-corrected chi connectivity index (χ2v) is 3.80. The highest BCUT2D eigenvalue weighted by atomic mass is 35.5. The molecule has 2 heterocycles. The molecular formula is C10H12ClN3O2. The van der Waals surface area contributed by atoms with Gasteiger partial charge in [0, 0.05) is 6.54 Å². The zero-order valence-corrected chi connectivity index (χ0v) is 9.33. The van der Waals surface area contributed by atoms with Crippen molar-refractivity contribution >= 4 is 23.3 Å². The topological polar surface area (TPSA) is 63.2 Å². The molecule has 1 aliphatic rings. The molecule has 0 unspecified atom stereocenters. The van der Waals surface area contributed by atoms with Crippen molar-refractivity contribution in [2.75, 3.05) is 25.1 Å². The minimum Gasteiger partial charge on any atom is -0.378 e. The van der Waals surface area contributed by atoms with E-state index < -0.39 is 0 Å². The molecule has 1 fully saturated rings. The van der Waals surface area contributed by atoms with Crippen molar-refractivity contribution in [3.63, 3.8) is 0 Å². The van der Waals surface area contributed by atoms with Gasteiger partial charge in [0.05, 0.1) is 13.2 Å². The summed E-state index contributed by atoms with van der Waals surface area (Å²) in [5.74, 6) is 0.291. The van der Waals surface area contributed by atoms with Crippen molar-refractivity contribution < 1.29 is 9.53 Å². The Morgan fingerprint density at radius 2 is 2.50 bits per heavy atom. The molecule has 1 aromatic rings. The van der Waals surface area contributed by atoms with Crippen LogP contribution in [0.1, 0.15) is 0 Å². The maximum Gasteiger partial charge on any atom is 0.245 e. The van der Waals surface area contributed by atoms with Gasteiger partial charge in [0.1, 0.15) is 17.0 Å². The second kappa shape index (κ2) is 5.25. The number of aromatic nitrogens is 1. The lowest BCUT2D eigenvalue weighted by atomic mass is 10.2. The Morgan fingerprint density at radius 3 is 3.19 bits per heavy atom. The molecule has 6 heteroatoms. The van der Waals surface area contributed by atoms with Crippen molar-refractivity contribution in [2.24, 2.45) is 0 Å². The minimum atomic E-state index is -0.325. The molecule has 0 saturated carbocycles. The predicted molar refractivity (Wildman–Crippen MR) is 60.5 cm³/mol. The largest absolute Gasteiger partial charge is 0.378 e. The van der Waals surface area contributed by atoms with Crippen LogP contribution in [0.15, 0.2) is 18.2 Å². The van der Waals surface area contributed by atoms with Gasteiger partial charge in [-0.15, -0.1) is 0 Å². The molecule has 1 aromatic heterocycles. The Hall–Kier alpha value is -1.17. The lowest BCUT2D eigenvalue weighted by molar-refractivity contribution is -0.120. The van der Waals surface area contributed by atoms with Crippen LogP contribution in [0.5, 0.6) is 0 Å². The van der Waals surface area contributed by atoms with E-state index in [1.807, 2.05) is 0 Å². The SMILES string of the molecule is O=C(Nc1cccc(Cl)n1)[C@@H]1COCCN1. The van der Waals surface area contributed by atoms with Crippen LogP contribution in [0.2, 0.25) is 5.15 Å². The first-order valence-electron chi connectivity index (χ1n) is 5.00. The summed E-state index contributed by atoms with van der Waals surface area (Å²) in [6, 6.07) is 4.75. The lowest BCUT2D eigenvalue weighted by Crippen LogP contribution is -2.48. The number of anilines is 1. The summed E-state index contributed by atoms with van der Waals surface area (Å²) in [5.41, 5.74) is 0. The van der Waals surface area contributed by atoms with Crippen LogP contribution in [-0.2, 0) is 9.53 Å². The van der Waals surface area contributed by atoms with Gasteiger partial charge in [-0.3, -0.25) is 4.79 Å². The van der Waals surface area contributed by atoms with Gasteiger partial charge >= 0.3 is 0 Å². The van der Waals surface area contributed by atoms with Gasteiger partial charge in [-0.2, -0.15) is 0 Å². The maximum atomic E-state index is 11.7. The number of halogens is 1. The molecule has 1 amide bonds. The van der Waals surface area contributed by atoms with Crippen LogP contribution in [-0.4, -0.2) is 36.7 Å². The number of morpholine rings is 1. The molecule has 0 aliphatic carbocycles. The Morgan fingerprint density at radius 1 is 1.62 bits per heavy atom. The standard InChI is InChI=1S/C10H12ClN3O2/c11-8-2-1-3-9(13-8)14-10(15)7-6-16-5-4-12-7/h1-3,7,12H,4-6H2,(H,13,14,15)/t7-/m0/s1. The molecule has 0 bridgehead atoms. The first kappa shape index (κ1) is 11.3. The fraction of sp³-hybridized carbons (Fsp3) is 0.400. The highest BCUT2D eigenvalue weighted by Crippen LogP contribution is 2.09. The Bertz CT molecular complexity index is 380. The summed E-state index contributed by atoms with van der Waals surface area (Å²) in [6.45, 7) is 1.70. The summed E-state index contributed by atoms with van der Waals surface area (Å²) in [5, 5.41) is 6.08. The Kier molecular flexibility index (Phi) is 3.71. The number of pyridine rings is 1. The van der Waals surface area contributed by atoms with Crippen molar-refractivity contribution in [3.05, 3.63) is 23.4 Å². The van der Waals surface area contributed by atoms with E-state index in [9.17, 15) is 4.79 Å². The average Bonchev–Trinajstić information content (AvgIpc) is 2.30. The summed E-state index contributed by atoms with van der Waals surface area (Å²) >= 11 is 5.71. The lowest BCUT2D eigenvalue weighted by Gasteiger charge is -2.22. The molecule has 86 valence electrons. The van der Waals surface area contributed by atoms with Crippen LogP contribution in [0.3, 0.4) is 0 Å². The highest BCUT2D eigenvalue weighted by Gasteiger charge is 2.21. The maximum absolute atomic E-state index is 11.7. The average molecular weight is 242 g/mol. The van der Waals surface area contributed by atoms with E-state index in [4.69, 9.17) is 16.3 Å². The molecular weight excluding hydrogens is 230 g/mol. The quantitative estimate of drug-likeness (QED) is 0.747. The van der Waals surface area contributed by atoms with E-state index in [1.165, 1.54) is 0 Å². The summed E-state index contributed by atoms with van der Waals surface area (Å²) in [4.78, 5) is 15.7. The molecule has 1 atom stereocenters. The zero-order chi connectivity index (χ0) is 11.4. The third-order valence-electron chi connectivity index (χ3n) is 2.20. The van der Waals surface area contributed by atoms with E-state index in [1.54, 1.807) is 18.2 Å². The van der Waals surface area contributed by atoms with Gasteiger partial charge in [-0.25, -0.2) is 4.98 Å². The smallest absolute Gasteiger partial charge is 0.245 e. The van der Waals surface area contributed by atoms with E-state index >= 15 is 0 Å². The molecule has 1 saturated heterocycles. The molecule has 0 aromatic carbocycles. The molecule has 0 spiro atoms. The molecule has 16 heavy (non-hydrogen) atoms. The number of carbonyl (C=O) groups excluding carboxylic acids is 1. The van der Waals surface area contributed by atoms with Crippen LogP contribution in [0, 0.1) is 0 Å². The Labute approximate surface area is 98.1 Å². The summed E-state index contributed by atoms with van der Waals surface area (Å²) in [6.07, 6.45) is 0. The third-order valence-corrected chi connectivity index (χ3v) is 2.42. The fourth-order valence-corrected chi connectivity index (χ4v) is 1.59. The van der Waals surface area contributed by atoms with Crippen molar-refractivity contribution in [3.8, 4) is 0 Å². The van der Waals surface area contributed by atoms with Gasteiger partial charge in [-0.05, 0) is 12.1 Å². The van der Waals surface area contributed by atoms with Crippen LogP contribution in [0.25, 0.3) is 0 Å². The second-order valence-electron chi connectivity index (χ2n) is 3.42. The van der Waals surface area contributed by atoms with Crippen LogP contribution < -0.4 is 10.6 Å². The van der Waals surface area contributed by atoms with E-state index in [-0.39, 0.29) is 11.9 Å². The van der Waals surface area contributed by atoms with Gasteiger partial charge < -0.3 is 15.4 Å². The molecule has 5 nitrogen and oxygen atoms in total. The summed E-state index contributed by atoms with van der Waals surface area (Å²) in [7, 11) is 0. The number of carbonyl (C=O) groups is 1. The fourth-order valence-electron chi connectivity index (χ4n) is 1.43. The van der Waals surface area contributed by atoms with Crippen LogP contribution >= 0.6 is 11.6 Å². The number of amides is 1. The monoisotopic (exact) mass is 241 g/mol. The molecule has 1 aliphatic heterocycles. The number of rotatable bonds is 2. The van der Waals surface area contributed by atoms with Gasteiger partial charge in [0.2, 0.25) is 5.91 Å². The van der Waals surface area contributed by atoms with E-state index in [0.29, 0.717) is 30.7 Å². The molecule has 2 rings (SSSR count). The van der Waals surface area contributed by atoms with Gasteiger partial charge in [-0.1, -0.05) is 17.7 Å². The van der Waals surface area contributed by atoms with Crippen molar-refractivity contribution in [1.82, 2.24) is 10.3 Å². The van der Waals surface area contributed by atoms with Crippen LogP contribution in [0.4, 0.5) is 5.82 Å². The predicted octanol–water partition coefficient (Wildman–Crippen LogP) is 0.662. The van der Waals surface area contributed by atoms with E-state index in [2.05, 4.69) is 15.6 Å². The minimum absolute atomic E-state index is 0.158. The van der Waals surface area contributed by atoms with Gasteiger partial charge in [0.15, 0.2) is 0 Å². The number of hydrogen-bond acceptors (Lipinski definition) is 4. The summed E-state index contributed by atoms with van der Waals surface area (Å²) < 4.78 is 5.19. The Balaban J connectivity index is 1.96. The van der Waals surface area contributed by atoms with Crippen molar-refractivity contribution in [2.45, 2.75) is 6.04 Å². The number of hydrogen-bond donors (Lipinski definition) is 2. The first-order valence-corrected chi connectivity index (χ1v) is 5.38. The first-order chi connectivity index (χ1) is 7.75. The zero-order valence-electron chi connectivity index (χ0n) is 8.57. The van der Waals surface area contributed by atoms with Gasteiger partial charge in [0.25, 0.3) is 0 Å². The van der Waals surface area contributed by atoms with Crippen molar-refractivity contribution in [1.29, 1.82) is 0 Å². The number of ether oxygens (including phenoxy) is 1. The highest BCUT2D eigenvalue weighted by molar-refractivity contribution is 6.29. The van der Waals surface area contributed by atoms with E-state index in [0.717, 1.165) is 0 Å². The molecule has 0 radical (unpaired) electrons. The number of nitrogens with zero attached hydrogens (tertiary/aromatic N) is 1. The number of nitrogens with one attached hydrogen (secondary N) is 2. The molecule has 2 N–H and O–H groups in total. The normalized spacial score (nSPS) is 20.4.